The highest BCUT2D eigenvalue weighted by Crippen LogP contribution is 2.29. The Kier molecular flexibility index (Phi) is 5.30. The maximum atomic E-state index is 12.1. The Morgan fingerprint density at radius 2 is 2.28 bits per heavy atom. The fourth-order valence-electron chi connectivity index (χ4n) is 3.25. The van der Waals surface area contributed by atoms with Crippen LogP contribution in [0.2, 0.25) is 5.02 Å². The second-order valence-corrected chi connectivity index (χ2v) is 6.59. The van der Waals surface area contributed by atoms with Crippen LogP contribution in [0.3, 0.4) is 0 Å². The number of ether oxygens (including phenoxy) is 1. The van der Waals surface area contributed by atoms with E-state index in [0.29, 0.717) is 36.2 Å². The van der Waals surface area contributed by atoms with Gasteiger partial charge in [0.1, 0.15) is 22.6 Å². The van der Waals surface area contributed by atoms with Crippen LogP contribution in [0, 0.1) is 5.92 Å². The molecule has 0 amide bonds. The van der Waals surface area contributed by atoms with Crippen LogP contribution in [0.25, 0.3) is 11.0 Å². The molecule has 7 heteroatoms. The molecule has 1 N–H and O–H groups in total. The third-order valence-electron chi connectivity index (χ3n) is 4.48. The molecule has 134 valence electrons. The summed E-state index contributed by atoms with van der Waals surface area (Å²) >= 11 is 5.82. The smallest absolute Gasteiger partial charge is 0.310 e. The number of nitrogens with zero attached hydrogens (tertiary/aromatic N) is 1. The standard InChI is InChI=1S/C18H20ClNO5/c1-2-24-18(23)11-4-3-7-20(8-11)9-13-15(21)6-5-12-16(22)14(19)10-25-17(12)13/h5-6,10-11,21H,2-4,7-9H2,1H3. The van der Waals surface area contributed by atoms with Crippen LogP contribution >= 0.6 is 11.6 Å². The molecular weight excluding hydrogens is 346 g/mol. The normalized spacial score (nSPS) is 18.4. The number of phenols is 1. The third-order valence-corrected chi connectivity index (χ3v) is 4.75. The number of hydrogen-bond acceptors (Lipinski definition) is 6. The number of esters is 1. The minimum absolute atomic E-state index is 0.00416. The lowest BCUT2D eigenvalue weighted by molar-refractivity contribution is -0.150. The van der Waals surface area contributed by atoms with Crippen molar-refractivity contribution in [2.45, 2.75) is 26.3 Å². The molecule has 0 aliphatic carbocycles. The van der Waals surface area contributed by atoms with Gasteiger partial charge < -0.3 is 14.3 Å². The molecule has 1 aliphatic heterocycles. The number of phenolic OH excluding ortho intramolecular Hbond substituents is 1. The molecule has 25 heavy (non-hydrogen) atoms. The van der Waals surface area contributed by atoms with Gasteiger partial charge in [-0.25, -0.2) is 0 Å². The Morgan fingerprint density at radius 3 is 3.04 bits per heavy atom. The molecule has 1 aromatic carbocycles. The van der Waals surface area contributed by atoms with Gasteiger partial charge in [0.25, 0.3) is 0 Å². The Bertz CT molecular complexity index is 847. The van der Waals surface area contributed by atoms with Crippen molar-refractivity contribution in [1.29, 1.82) is 0 Å². The lowest BCUT2D eigenvalue weighted by Crippen LogP contribution is -2.39. The summed E-state index contributed by atoms with van der Waals surface area (Å²) < 4.78 is 10.6. The second kappa shape index (κ2) is 7.45. The van der Waals surface area contributed by atoms with E-state index in [1.54, 1.807) is 6.92 Å². The fourth-order valence-corrected chi connectivity index (χ4v) is 3.40. The van der Waals surface area contributed by atoms with Crippen molar-refractivity contribution in [3.8, 4) is 5.75 Å². The number of aromatic hydroxyl groups is 1. The summed E-state index contributed by atoms with van der Waals surface area (Å²) in [5, 5.41) is 10.6. The van der Waals surface area contributed by atoms with Crippen LogP contribution in [0.1, 0.15) is 25.3 Å². The molecular formula is C18H20ClNO5. The summed E-state index contributed by atoms with van der Waals surface area (Å²) in [7, 11) is 0. The zero-order chi connectivity index (χ0) is 18.0. The van der Waals surface area contributed by atoms with E-state index in [4.69, 9.17) is 20.8 Å². The molecule has 1 aromatic heterocycles. The molecule has 2 aromatic rings. The maximum absolute atomic E-state index is 12.1. The predicted octanol–water partition coefficient (Wildman–Crippen LogP) is 2.93. The van der Waals surface area contributed by atoms with E-state index < -0.39 is 0 Å². The lowest BCUT2D eigenvalue weighted by Gasteiger charge is -2.31. The molecule has 6 nitrogen and oxygen atoms in total. The molecule has 0 saturated carbocycles. The molecule has 0 radical (unpaired) electrons. The first-order chi connectivity index (χ1) is 12.0. The van der Waals surface area contributed by atoms with Gasteiger partial charge in [-0.2, -0.15) is 0 Å². The number of piperidine rings is 1. The molecule has 0 bridgehead atoms. The molecule has 1 aliphatic rings. The van der Waals surface area contributed by atoms with Crippen molar-refractivity contribution in [2.24, 2.45) is 5.92 Å². The molecule has 0 spiro atoms. The van der Waals surface area contributed by atoms with Crippen molar-refractivity contribution in [3.63, 3.8) is 0 Å². The van der Waals surface area contributed by atoms with Crippen molar-refractivity contribution in [3.05, 3.63) is 39.2 Å². The number of carbonyl (C=O) groups is 1. The van der Waals surface area contributed by atoms with Gasteiger partial charge in [0, 0.05) is 13.1 Å². The Balaban J connectivity index is 1.87. The Hall–Kier alpha value is -2.05. The second-order valence-electron chi connectivity index (χ2n) is 6.18. The van der Waals surface area contributed by atoms with E-state index in [1.165, 1.54) is 18.4 Å². The zero-order valence-corrected chi connectivity index (χ0v) is 14.7. The number of fused-ring (bicyclic) bond motifs is 1. The number of likely N-dealkylation sites (tertiary alicyclic amines) is 1. The van der Waals surface area contributed by atoms with E-state index >= 15 is 0 Å². The predicted molar refractivity (Wildman–Crippen MR) is 93.8 cm³/mol. The number of carbonyl (C=O) groups excluding carboxylic acids is 1. The van der Waals surface area contributed by atoms with Gasteiger partial charge in [-0.3, -0.25) is 14.5 Å². The third kappa shape index (κ3) is 3.65. The summed E-state index contributed by atoms with van der Waals surface area (Å²) in [4.78, 5) is 26.2. The van der Waals surface area contributed by atoms with E-state index in [0.717, 1.165) is 19.4 Å². The highest BCUT2D eigenvalue weighted by atomic mass is 35.5. The average Bonchev–Trinajstić information content (AvgIpc) is 2.61. The largest absolute Gasteiger partial charge is 0.507 e. The average molecular weight is 366 g/mol. The highest BCUT2D eigenvalue weighted by molar-refractivity contribution is 6.30. The van der Waals surface area contributed by atoms with Gasteiger partial charge in [0.15, 0.2) is 0 Å². The van der Waals surface area contributed by atoms with Gasteiger partial charge in [0.05, 0.1) is 23.5 Å². The monoisotopic (exact) mass is 365 g/mol. The minimum atomic E-state index is -0.327. The molecule has 1 saturated heterocycles. The summed E-state index contributed by atoms with van der Waals surface area (Å²) in [6.45, 7) is 3.88. The number of halogens is 1. The van der Waals surface area contributed by atoms with Crippen molar-refractivity contribution < 1.29 is 19.1 Å². The number of benzene rings is 1. The molecule has 1 fully saturated rings. The van der Waals surface area contributed by atoms with Crippen LogP contribution in [-0.4, -0.2) is 35.7 Å². The molecule has 3 rings (SSSR count). The van der Waals surface area contributed by atoms with E-state index in [2.05, 4.69) is 4.90 Å². The van der Waals surface area contributed by atoms with Crippen LogP contribution < -0.4 is 5.43 Å². The minimum Gasteiger partial charge on any atom is -0.507 e. The topological polar surface area (TPSA) is 80.0 Å². The lowest BCUT2D eigenvalue weighted by atomic mass is 9.97. The quantitative estimate of drug-likeness (QED) is 0.839. The maximum Gasteiger partial charge on any atom is 0.310 e. The SMILES string of the molecule is CCOC(=O)C1CCCN(Cc2c(O)ccc3c(=O)c(Cl)coc23)C1. The van der Waals surface area contributed by atoms with Crippen LogP contribution in [0.5, 0.6) is 5.75 Å². The highest BCUT2D eigenvalue weighted by Gasteiger charge is 2.28. The first-order valence-corrected chi connectivity index (χ1v) is 8.70. The number of rotatable bonds is 4. The van der Waals surface area contributed by atoms with Gasteiger partial charge >= 0.3 is 5.97 Å². The van der Waals surface area contributed by atoms with Crippen molar-refractivity contribution in [1.82, 2.24) is 4.90 Å². The van der Waals surface area contributed by atoms with Crippen LogP contribution in [0.4, 0.5) is 0 Å². The molecule has 2 heterocycles. The van der Waals surface area contributed by atoms with Crippen LogP contribution in [0.15, 0.2) is 27.6 Å². The van der Waals surface area contributed by atoms with E-state index in [1.807, 2.05) is 0 Å². The van der Waals surface area contributed by atoms with Crippen LogP contribution in [-0.2, 0) is 16.1 Å². The van der Waals surface area contributed by atoms with Gasteiger partial charge in [-0.15, -0.1) is 0 Å². The fraction of sp³-hybridized carbons (Fsp3) is 0.444. The number of hydrogen-bond donors (Lipinski definition) is 1. The Morgan fingerprint density at radius 1 is 1.48 bits per heavy atom. The summed E-state index contributed by atoms with van der Waals surface area (Å²) in [6.07, 6.45) is 2.85. The van der Waals surface area contributed by atoms with Crippen molar-refractivity contribution >= 4 is 28.5 Å². The van der Waals surface area contributed by atoms with E-state index in [9.17, 15) is 14.7 Å². The first-order valence-electron chi connectivity index (χ1n) is 8.32. The zero-order valence-electron chi connectivity index (χ0n) is 14.0. The molecule has 1 atom stereocenters. The first kappa shape index (κ1) is 17.8. The summed E-state index contributed by atoms with van der Waals surface area (Å²) in [5.74, 6) is -0.309. The van der Waals surface area contributed by atoms with E-state index in [-0.39, 0.29) is 28.1 Å². The Labute approximate surface area is 149 Å². The molecule has 1 unspecified atom stereocenters. The summed E-state index contributed by atoms with van der Waals surface area (Å²) in [6, 6.07) is 2.97. The van der Waals surface area contributed by atoms with Gasteiger partial charge in [-0.1, -0.05) is 11.6 Å². The van der Waals surface area contributed by atoms with Crippen molar-refractivity contribution in [2.75, 3.05) is 19.7 Å². The van der Waals surface area contributed by atoms with Gasteiger partial charge in [0.2, 0.25) is 5.43 Å². The summed E-state index contributed by atoms with van der Waals surface area (Å²) in [5.41, 5.74) is 0.524. The van der Waals surface area contributed by atoms with Gasteiger partial charge in [-0.05, 0) is 38.4 Å².